The SMILES string of the molecule is COc1ccc(Cl)cc1S(=O)(=O)N1CCC[C@@H](C(=O)N(C)c2ccc(C)c(C)c2)C1. The molecule has 1 amide bonds. The van der Waals surface area contributed by atoms with Gasteiger partial charge in [-0.05, 0) is 68.1 Å². The fourth-order valence-corrected chi connectivity index (χ4v) is 5.63. The number of methoxy groups -OCH3 is 1. The number of carbonyl (C=O) groups is 1. The molecule has 1 saturated heterocycles. The first-order chi connectivity index (χ1) is 14.1. The summed E-state index contributed by atoms with van der Waals surface area (Å²) in [6, 6.07) is 10.4. The maximum absolute atomic E-state index is 13.3. The van der Waals surface area contributed by atoms with Crippen LogP contribution >= 0.6 is 11.6 Å². The van der Waals surface area contributed by atoms with Crippen LogP contribution in [-0.2, 0) is 14.8 Å². The van der Waals surface area contributed by atoms with Gasteiger partial charge in [0, 0.05) is 30.8 Å². The average Bonchev–Trinajstić information content (AvgIpc) is 2.74. The van der Waals surface area contributed by atoms with Crippen LogP contribution in [0.2, 0.25) is 5.02 Å². The van der Waals surface area contributed by atoms with Crippen molar-refractivity contribution in [2.75, 3.05) is 32.1 Å². The number of hydrogen-bond donors (Lipinski definition) is 0. The van der Waals surface area contributed by atoms with E-state index in [0.717, 1.165) is 16.8 Å². The predicted octanol–water partition coefficient (Wildman–Crippen LogP) is 4.03. The minimum Gasteiger partial charge on any atom is -0.495 e. The van der Waals surface area contributed by atoms with Gasteiger partial charge >= 0.3 is 0 Å². The summed E-state index contributed by atoms with van der Waals surface area (Å²) in [5.41, 5.74) is 3.07. The number of anilines is 1. The number of sulfonamides is 1. The van der Waals surface area contributed by atoms with E-state index in [1.807, 2.05) is 32.0 Å². The van der Waals surface area contributed by atoms with Gasteiger partial charge < -0.3 is 9.64 Å². The monoisotopic (exact) mass is 450 g/mol. The summed E-state index contributed by atoms with van der Waals surface area (Å²) in [6.45, 7) is 4.51. The summed E-state index contributed by atoms with van der Waals surface area (Å²) in [7, 11) is -0.687. The summed E-state index contributed by atoms with van der Waals surface area (Å²) in [5.74, 6) is -0.262. The molecule has 2 aromatic rings. The van der Waals surface area contributed by atoms with E-state index in [4.69, 9.17) is 16.3 Å². The van der Waals surface area contributed by atoms with Crippen molar-refractivity contribution in [3.8, 4) is 5.75 Å². The van der Waals surface area contributed by atoms with Crippen molar-refractivity contribution in [2.45, 2.75) is 31.6 Å². The zero-order chi connectivity index (χ0) is 22.1. The van der Waals surface area contributed by atoms with Gasteiger partial charge in [-0.3, -0.25) is 4.79 Å². The van der Waals surface area contributed by atoms with E-state index in [0.29, 0.717) is 24.4 Å². The molecule has 0 saturated carbocycles. The Balaban J connectivity index is 1.83. The van der Waals surface area contributed by atoms with E-state index >= 15 is 0 Å². The first-order valence-electron chi connectivity index (χ1n) is 9.83. The lowest BCUT2D eigenvalue weighted by molar-refractivity contribution is -0.123. The largest absolute Gasteiger partial charge is 0.495 e. The molecule has 0 radical (unpaired) electrons. The molecule has 0 bridgehead atoms. The average molecular weight is 451 g/mol. The molecule has 1 atom stereocenters. The second-order valence-electron chi connectivity index (χ2n) is 7.66. The Hall–Kier alpha value is -2.09. The molecular weight excluding hydrogens is 424 g/mol. The number of nitrogens with zero attached hydrogens (tertiary/aromatic N) is 2. The number of carbonyl (C=O) groups excluding carboxylic acids is 1. The highest BCUT2D eigenvalue weighted by molar-refractivity contribution is 7.89. The number of benzene rings is 2. The zero-order valence-electron chi connectivity index (χ0n) is 17.7. The smallest absolute Gasteiger partial charge is 0.246 e. The first kappa shape index (κ1) is 22.6. The van der Waals surface area contributed by atoms with E-state index in [9.17, 15) is 13.2 Å². The van der Waals surface area contributed by atoms with Crippen LogP contribution in [0.4, 0.5) is 5.69 Å². The number of aryl methyl sites for hydroxylation is 2. The topological polar surface area (TPSA) is 66.9 Å². The minimum atomic E-state index is -3.84. The Morgan fingerprint density at radius 1 is 1.17 bits per heavy atom. The molecule has 0 unspecified atom stereocenters. The molecule has 1 aliphatic rings. The van der Waals surface area contributed by atoms with E-state index < -0.39 is 15.9 Å². The Labute approximate surface area is 183 Å². The Bertz CT molecular complexity index is 1060. The van der Waals surface area contributed by atoms with Gasteiger partial charge in [0.15, 0.2) is 0 Å². The lowest BCUT2D eigenvalue weighted by atomic mass is 9.98. The molecule has 1 aliphatic heterocycles. The lowest BCUT2D eigenvalue weighted by Crippen LogP contribution is -2.46. The molecule has 1 fully saturated rings. The fourth-order valence-electron chi connectivity index (χ4n) is 3.69. The second-order valence-corrected chi connectivity index (χ2v) is 10.0. The van der Waals surface area contributed by atoms with Crippen LogP contribution in [0.3, 0.4) is 0 Å². The van der Waals surface area contributed by atoms with Crippen molar-refractivity contribution in [2.24, 2.45) is 5.92 Å². The van der Waals surface area contributed by atoms with Crippen LogP contribution in [-0.4, -0.2) is 45.9 Å². The number of hydrogen-bond acceptors (Lipinski definition) is 4. The van der Waals surface area contributed by atoms with Crippen LogP contribution in [0.25, 0.3) is 0 Å². The van der Waals surface area contributed by atoms with Gasteiger partial charge in [-0.2, -0.15) is 4.31 Å². The van der Waals surface area contributed by atoms with Gasteiger partial charge in [-0.25, -0.2) is 8.42 Å². The molecule has 162 valence electrons. The van der Waals surface area contributed by atoms with Crippen LogP contribution in [0.1, 0.15) is 24.0 Å². The highest BCUT2D eigenvalue weighted by Crippen LogP contribution is 2.32. The van der Waals surface area contributed by atoms with Crippen LogP contribution in [0.5, 0.6) is 5.75 Å². The van der Waals surface area contributed by atoms with Gasteiger partial charge in [-0.1, -0.05) is 17.7 Å². The fraction of sp³-hybridized carbons (Fsp3) is 0.409. The third-order valence-corrected chi connectivity index (χ3v) is 7.81. The normalized spacial score (nSPS) is 17.6. The third-order valence-electron chi connectivity index (χ3n) is 5.69. The van der Waals surface area contributed by atoms with E-state index in [1.54, 1.807) is 18.0 Å². The standard InChI is InChI=1S/C22H27ClN2O4S/c1-15-7-9-19(12-16(15)2)24(3)22(26)17-6-5-11-25(14-17)30(27,28)21-13-18(23)8-10-20(21)29-4/h7-10,12-13,17H,5-6,11,14H2,1-4H3/t17-/m1/s1. The number of amides is 1. The summed E-state index contributed by atoms with van der Waals surface area (Å²) in [6.07, 6.45) is 1.26. The van der Waals surface area contributed by atoms with Gasteiger partial charge in [0.25, 0.3) is 0 Å². The quantitative estimate of drug-likeness (QED) is 0.689. The maximum Gasteiger partial charge on any atom is 0.246 e. The Morgan fingerprint density at radius 3 is 2.57 bits per heavy atom. The number of rotatable bonds is 5. The zero-order valence-corrected chi connectivity index (χ0v) is 19.3. The third kappa shape index (κ3) is 4.48. The van der Waals surface area contributed by atoms with E-state index in [2.05, 4.69) is 0 Å². The number of piperidine rings is 1. The first-order valence-corrected chi connectivity index (χ1v) is 11.7. The Kier molecular flexibility index (Phi) is 6.75. The molecule has 8 heteroatoms. The minimum absolute atomic E-state index is 0.0214. The number of ether oxygens (including phenoxy) is 1. The van der Waals surface area contributed by atoms with Gasteiger partial charge in [0.2, 0.25) is 15.9 Å². The summed E-state index contributed by atoms with van der Waals surface area (Å²) < 4.78 is 33.1. The lowest BCUT2D eigenvalue weighted by Gasteiger charge is -2.33. The molecular formula is C22H27ClN2O4S. The van der Waals surface area contributed by atoms with Crippen molar-refractivity contribution < 1.29 is 17.9 Å². The summed E-state index contributed by atoms with van der Waals surface area (Å²) in [5, 5.41) is 0.313. The van der Waals surface area contributed by atoms with Gasteiger partial charge in [-0.15, -0.1) is 0 Å². The summed E-state index contributed by atoms with van der Waals surface area (Å²) >= 11 is 6.03. The van der Waals surface area contributed by atoms with E-state index in [1.165, 1.54) is 23.5 Å². The molecule has 1 heterocycles. The second kappa shape index (κ2) is 8.96. The van der Waals surface area contributed by atoms with Gasteiger partial charge in [0.05, 0.1) is 13.0 Å². The van der Waals surface area contributed by atoms with Gasteiger partial charge in [0.1, 0.15) is 10.6 Å². The van der Waals surface area contributed by atoms with Crippen LogP contribution < -0.4 is 9.64 Å². The molecule has 0 N–H and O–H groups in total. The maximum atomic E-state index is 13.3. The van der Waals surface area contributed by atoms with E-state index in [-0.39, 0.29) is 23.1 Å². The molecule has 6 nitrogen and oxygen atoms in total. The predicted molar refractivity (Wildman–Crippen MR) is 119 cm³/mol. The highest BCUT2D eigenvalue weighted by Gasteiger charge is 2.36. The summed E-state index contributed by atoms with van der Waals surface area (Å²) in [4.78, 5) is 14.8. The molecule has 2 aromatic carbocycles. The Morgan fingerprint density at radius 2 is 1.90 bits per heavy atom. The number of halogens is 1. The van der Waals surface area contributed by atoms with Crippen LogP contribution in [0, 0.1) is 19.8 Å². The highest BCUT2D eigenvalue weighted by atomic mass is 35.5. The molecule has 0 aliphatic carbocycles. The molecule has 3 rings (SSSR count). The molecule has 0 aromatic heterocycles. The molecule has 30 heavy (non-hydrogen) atoms. The van der Waals surface area contributed by atoms with Crippen LogP contribution in [0.15, 0.2) is 41.3 Å². The van der Waals surface area contributed by atoms with Crippen molar-refractivity contribution in [3.63, 3.8) is 0 Å². The van der Waals surface area contributed by atoms with Crippen molar-refractivity contribution in [1.29, 1.82) is 0 Å². The molecule has 0 spiro atoms. The van der Waals surface area contributed by atoms with Crippen molar-refractivity contribution in [1.82, 2.24) is 4.31 Å². The van der Waals surface area contributed by atoms with Crippen molar-refractivity contribution in [3.05, 3.63) is 52.5 Å². The van der Waals surface area contributed by atoms with Crippen molar-refractivity contribution >= 4 is 33.2 Å².